The van der Waals surface area contributed by atoms with Gasteiger partial charge in [0.1, 0.15) is 18.1 Å². The van der Waals surface area contributed by atoms with Gasteiger partial charge in [-0.05, 0) is 25.8 Å². The third kappa shape index (κ3) is 12.8. The minimum atomic E-state index is -1.50. The molecular formula is C29H39N8O9. The van der Waals surface area contributed by atoms with Crippen LogP contribution in [-0.4, -0.2) is 105 Å². The van der Waals surface area contributed by atoms with Crippen molar-refractivity contribution in [1.82, 2.24) is 36.6 Å². The molecule has 0 aliphatic rings. The van der Waals surface area contributed by atoms with Gasteiger partial charge in [-0.1, -0.05) is 30.3 Å². The minimum absolute atomic E-state index is 0.0940. The fourth-order valence-corrected chi connectivity index (χ4v) is 4.09. The van der Waals surface area contributed by atoms with Crippen LogP contribution in [-0.2, 0) is 46.4 Å². The summed E-state index contributed by atoms with van der Waals surface area (Å²) in [6.45, 7) is 1.86. The van der Waals surface area contributed by atoms with Gasteiger partial charge < -0.3 is 47.5 Å². The molecule has 17 heteroatoms. The number of nitrogens with one attached hydrogen (secondary N) is 6. The number of H-pyrrole nitrogens is 1. The van der Waals surface area contributed by atoms with Crippen molar-refractivity contribution in [3.63, 3.8) is 0 Å². The van der Waals surface area contributed by atoms with Crippen LogP contribution in [0.15, 0.2) is 42.9 Å². The Bertz CT molecular complexity index is 1340. The van der Waals surface area contributed by atoms with Gasteiger partial charge in [0.15, 0.2) is 0 Å². The molecule has 1 radical (unpaired) electrons. The molecule has 10 N–H and O–H groups in total. The second-order valence-electron chi connectivity index (χ2n) is 10.5. The van der Waals surface area contributed by atoms with E-state index in [1.807, 2.05) is 0 Å². The number of nitrogens with two attached hydrogens (primary N) is 1. The lowest BCUT2D eigenvalue weighted by atomic mass is 10.1. The van der Waals surface area contributed by atoms with Gasteiger partial charge in [-0.3, -0.25) is 33.6 Å². The Kier molecular flexibility index (Phi) is 15.0. The molecule has 0 unspecified atom stereocenters. The molecule has 0 saturated carbocycles. The van der Waals surface area contributed by atoms with Crippen molar-refractivity contribution < 1.29 is 43.8 Å². The van der Waals surface area contributed by atoms with E-state index >= 15 is 0 Å². The number of benzene rings is 1. The van der Waals surface area contributed by atoms with Gasteiger partial charge in [-0.25, -0.2) is 4.98 Å². The normalized spacial score (nSPS) is 14.7. The monoisotopic (exact) mass is 643 g/mol. The summed E-state index contributed by atoms with van der Waals surface area (Å²) in [5.74, 6) is -5.43. The second-order valence-corrected chi connectivity index (χ2v) is 10.5. The first-order chi connectivity index (χ1) is 21.8. The maximum atomic E-state index is 12.9. The Morgan fingerprint density at radius 1 is 0.935 bits per heavy atom. The highest BCUT2D eigenvalue weighted by atomic mass is 16.4. The summed E-state index contributed by atoms with van der Waals surface area (Å²) in [6.07, 6.45) is 2.64. The average molecular weight is 644 g/mol. The van der Waals surface area contributed by atoms with Crippen LogP contribution in [0.2, 0.25) is 0 Å². The molecule has 0 aliphatic carbocycles. The van der Waals surface area contributed by atoms with Crippen molar-refractivity contribution >= 4 is 41.8 Å². The number of hydrogen-bond donors (Lipinski definition) is 9. The van der Waals surface area contributed by atoms with Crippen LogP contribution in [0.1, 0.15) is 37.9 Å². The number of aliphatic hydroxyl groups is 1. The number of nitrogens with zero attached hydrogens (tertiary/aromatic N) is 1. The highest BCUT2D eigenvalue weighted by Crippen LogP contribution is 2.04. The van der Waals surface area contributed by atoms with E-state index in [2.05, 4.69) is 36.6 Å². The number of carboxylic acid groups (broad SMARTS) is 1. The van der Waals surface area contributed by atoms with Gasteiger partial charge >= 0.3 is 5.97 Å². The molecule has 2 aromatic rings. The van der Waals surface area contributed by atoms with Crippen molar-refractivity contribution in [3.05, 3.63) is 54.1 Å². The predicted molar refractivity (Wildman–Crippen MR) is 161 cm³/mol. The molecule has 0 saturated heterocycles. The summed E-state index contributed by atoms with van der Waals surface area (Å²) in [6, 6.07) is 2.62. The van der Waals surface area contributed by atoms with E-state index in [1.54, 1.807) is 42.8 Å². The smallest absolute Gasteiger partial charge is 0.303 e. The lowest BCUT2D eigenvalue weighted by Crippen LogP contribution is -2.57. The van der Waals surface area contributed by atoms with E-state index in [-0.39, 0.29) is 19.3 Å². The van der Waals surface area contributed by atoms with E-state index in [4.69, 9.17) is 10.8 Å². The van der Waals surface area contributed by atoms with E-state index in [0.29, 0.717) is 5.69 Å². The molecule has 0 aliphatic heterocycles. The standard InChI is InChI=1S/C29H39N8O9/c1-16(34-27(44)21(30)11-19-12-31-15-33-19)26(43)36-22(8-9-24(41)42)28(45)32-13-23(40)37-25(17(2)39)29(46)35-20(14-38)10-18-6-4-3-5-7-18/h3-7,12,15-17,20-22,25,39H,8-11,13,30H2,1-2H3,(H,31,33)(H,32,45)(H,34,44)(H,35,46)(H,36,43)(H,37,40)(H,41,42)/t16-,17+,20-,21-,22-,25-/m0/s1. The molecule has 1 aromatic heterocycles. The molecule has 5 amide bonds. The number of aliphatic hydroxyl groups excluding tert-OH is 1. The molecule has 1 heterocycles. The van der Waals surface area contributed by atoms with Gasteiger partial charge in [-0.15, -0.1) is 0 Å². The maximum absolute atomic E-state index is 12.9. The summed E-state index contributed by atoms with van der Waals surface area (Å²) in [7, 11) is 0. The quantitative estimate of drug-likeness (QED) is 0.0742. The molecule has 249 valence electrons. The highest BCUT2D eigenvalue weighted by molar-refractivity contribution is 5.95. The topological polar surface area (TPSA) is 275 Å². The van der Waals surface area contributed by atoms with Crippen molar-refractivity contribution in [3.8, 4) is 0 Å². The van der Waals surface area contributed by atoms with Gasteiger partial charge in [0.2, 0.25) is 35.8 Å². The molecule has 0 bridgehead atoms. The second kappa shape index (κ2) is 18.6. The van der Waals surface area contributed by atoms with Gasteiger partial charge in [0, 0.05) is 25.5 Å². The van der Waals surface area contributed by atoms with Crippen LogP contribution < -0.4 is 32.3 Å². The number of aromatic amines is 1. The largest absolute Gasteiger partial charge is 0.481 e. The highest BCUT2D eigenvalue weighted by Gasteiger charge is 2.29. The van der Waals surface area contributed by atoms with Crippen LogP contribution in [0.5, 0.6) is 0 Å². The van der Waals surface area contributed by atoms with Crippen molar-refractivity contribution in [2.75, 3.05) is 6.54 Å². The van der Waals surface area contributed by atoms with Crippen LogP contribution >= 0.6 is 0 Å². The molecular weight excluding hydrogens is 604 g/mol. The third-order valence-electron chi connectivity index (χ3n) is 6.60. The van der Waals surface area contributed by atoms with E-state index < -0.39 is 84.8 Å². The number of aromatic nitrogens is 2. The Labute approximate surface area is 264 Å². The Morgan fingerprint density at radius 3 is 2.22 bits per heavy atom. The zero-order valence-corrected chi connectivity index (χ0v) is 25.3. The Hall–Kier alpha value is -5.16. The van der Waals surface area contributed by atoms with E-state index in [0.717, 1.165) is 5.56 Å². The number of rotatable bonds is 19. The summed E-state index contributed by atoms with van der Waals surface area (Å²) in [4.78, 5) is 92.6. The zero-order valence-electron chi connectivity index (χ0n) is 25.3. The fraction of sp³-hybridized carbons (Fsp3) is 0.448. The molecule has 6 atom stereocenters. The first-order valence-corrected chi connectivity index (χ1v) is 14.3. The van der Waals surface area contributed by atoms with Gasteiger partial charge in [-0.2, -0.15) is 0 Å². The minimum Gasteiger partial charge on any atom is -0.481 e. The fourth-order valence-electron chi connectivity index (χ4n) is 4.09. The van der Waals surface area contributed by atoms with Gasteiger partial charge in [0.05, 0.1) is 36.8 Å². The number of aliphatic carboxylic acids is 1. The molecule has 0 spiro atoms. The summed E-state index contributed by atoms with van der Waals surface area (Å²) in [5.41, 5.74) is 7.14. The number of imidazole rings is 1. The van der Waals surface area contributed by atoms with Crippen molar-refractivity contribution in [1.29, 1.82) is 0 Å². The van der Waals surface area contributed by atoms with Crippen molar-refractivity contribution in [2.45, 2.75) is 75.8 Å². The Morgan fingerprint density at radius 2 is 1.63 bits per heavy atom. The SMILES string of the molecule is C[C@H](NC(=O)[C@@H](N)Cc1c[nH]cn1)C(=O)N[C@@H](CCC(=O)O)C(=O)NCC(=O)N[C@H](C(=O)N[C@H]([C]=O)Cc1ccccc1)[C@@H](C)O. The number of carbonyl (C=O) groups excluding carboxylic acids is 6. The summed E-state index contributed by atoms with van der Waals surface area (Å²) < 4.78 is 0. The van der Waals surface area contributed by atoms with Crippen LogP contribution in [0.3, 0.4) is 0 Å². The Balaban J connectivity index is 1.94. The lowest BCUT2D eigenvalue weighted by Gasteiger charge is -2.24. The first-order valence-electron chi connectivity index (χ1n) is 14.3. The van der Waals surface area contributed by atoms with E-state index in [1.165, 1.54) is 20.2 Å². The average Bonchev–Trinajstić information content (AvgIpc) is 3.53. The number of hydrogen-bond acceptors (Lipinski definition) is 10. The van der Waals surface area contributed by atoms with Gasteiger partial charge in [0.25, 0.3) is 0 Å². The zero-order chi connectivity index (χ0) is 34.2. The lowest BCUT2D eigenvalue weighted by molar-refractivity contribution is -0.138. The molecule has 46 heavy (non-hydrogen) atoms. The van der Waals surface area contributed by atoms with Crippen molar-refractivity contribution in [2.24, 2.45) is 5.73 Å². The van der Waals surface area contributed by atoms with Crippen LogP contribution in [0.4, 0.5) is 0 Å². The van der Waals surface area contributed by atoms with Crippen LogP contribution in [0, 0.1) is 0 Å². The molecule has 2 rings (SSSR count). The first kappa shape index (κ1) is 37.0. The number of amides is 5. The predicted octanol–water partition coefficient (Wildman–Crippen LogP) is -3.05. The molecule has 0 fully saturated rings. The third-order valence-corrected chi connectivity index (χ3v) is 6.60. The molecule has 1 aromatic carbocycles. The molecule has 17 nitrogen and oxygen atoms in total. The van der Waals surface area contributed by atoms with Crippen LogP contribution in [0.25, 0.3) is 0 Å². The number of carboxylic acids is 1. The maximum Gasteiger partial charge on any atom is 0.303 e. The van der Waals surface area contributed by atoms with E-state index in [9.17, 15) is 38.7 Å². The summed E-state index contributed by atoms with van der Waals surface area (Å²) >= 11 is 0. The number of carbonyl (C=O) groups is 6. The summed E-state index contributed by atoms with van der Waals surface area (Å²) in [5, 5.41) is 30.9.